The molecule has 1 heterocycles. The third kappa shape index (κ3) is 4.12. The molecule has 0 aromatic carbocycles. The fourth-order valence-corrected chi connectivity index (χ4v) is 2.69. The van der Waals surface area contributed by atoms with E-state index in [0.29, 0.717) is 6.42 Å². The van der Waals surface area contributed by atoms with E-state index in [1.54, 1.807) is 0 Å². The van der Waals surface area contributed by atoms with Crippen molar-refractivity contribution in [1.29, 1.82) is 0 Å². The molecule has 1 aliphatic heterocycles. The van der Waals surface area contributed by atoms with Crippen molar-refractivity contribution in [3.63, 3.8) is 0 Å². The topological polar surface area (TPSA) is 40.5 Å². The summed E-state index contributed by atoms with van der Waals surface area (Å²) in [5.41, 5.74) is 0. The number of aliphatic carboxylic acids is 1. The van der Waals surface area contributed by atoms with Crippen molar-refractivity contribution in [1.82, 2.24) is 4.90 Å². The number of carbonyl (C=O) groups is 1. The van der Waals surface area contributed by atoms with Crippen LogP contribution < -0.4 is 0 Å². The number of hydrogen-bond acceptors (Lipinski definition) is 2. The first-order valence-corrected chi connectivity index (χ1v) is 6.63. The van der Waals surface area contributed by atoms with Gasteiger partial charge in [-0.15, -0.1) is 0 Å². The van der Waals surface area contributed by atoms with Crippen LogP contribution in [0, 0.1) is 5.92 Å². The maximum absolute atomic E-state index is 10.8. The van der Waals surface area contributed by atoms with Crippen LogP contribution >= 0.6 is 0 Å². The van der Waals surface area contributed by atoms with Gasteiger partial charge in [-0.05, 0) is 44.7 Å². The number of carboxylic acids is 1. The summed E-state index contributed by atoms with van der Waals surface area (Å²) in [6.45, 7) is 6.53. The lowest BCUT2D eigenvalue weighted by molar-refractivity contribution is -0.138. The Kier molecular flexibility index (Phi) is 5.81. The first kappa shape index (κ1) is 13.5. The van der Waals surface area contributed by atoms with Crippen LogP contribution in [0.15, 0.2) is 0 Å². The average molecular weight is 227 g/mol. The summed E-state index contributed by atoms with van der Waals surface area (Å²) in [4.78, 5) is 13.2. The van der Waals surface area contributed by atoms with Crippen molar-refractivity contribution in [3.05, 3.63) is 0 Å². The average Bonchev–Trinajstić information content (AvgIpc) is 2.50. The second-order valence-electron chi connectivity index (χ2n) is 4.90. The Morgan fingerprint density at radius 1 is 1.38 bits per heavy atom. The van der Waals surface area contributed by atoms with Gasteiger partial charge in [0.1, 0.15) is 0 Å². The molecule has 1 aliphatic rings. The summed E-state index contributed by atoms with van der Waals surface area (Å²) in [5, 5.41) is 8.89. The van der Waals surface area contributed by atoms with E-state index < -0.39 is 5.97 Å². The predicted octanol–water partition coefficient (Wildman–Crippen LogP) is 2.75. The molecule has 1 fully saturated rings. The van der Waals surface area contributed by atoms with Gasteiger partial charge in [0.15, 0.2) is 0 Å². The second kappa shape index (κ2) is 6.89. The zero-order valence-corrected chi connectivity index (χ0v) is 10.6. The van der Waals surface area contributed by atoms with Crippen molar-refractivity contribution >= 4 is 5.97 Å². The Hall–Kier alpha value is -0.570. The van der Waals surface area contributed by atoms with E-state index in [-0.39, 0.29) is 6.04 Å². The zero-order chi connectivity index (χ0) is 12.0. The van der Waals surface area contributed by atoms with E-state index in [4.69, 9.17) is 5.11 Å². The van der Waals surface area contributed by atoms with Gasteiger partial charge in [0, 0.05) is 6.04 Å². The Morgan fingerprint density at radius 3 is 2.69 bits per heavy atom. The first-order chi connectivity index (χ1) is 7.67. The molecule has 0 spiro atoms. The van der Waals surface area contributed by atoms with E-state index in [0.717, 1.165) is 25.4 Å². The smallest absolute Gasteiger partial charge is 0.304 e. The minimum Gasteiger partial charge on any atom is -0.481 e. The van der Waals surface area contributed by atoms with Crippen molar-refractivity contribution < 1.29 is 9.90 Å². The molecule has 1 N–H and O–H groups in total. The third-order valence-corrected chi connectivity index (χ3v) is 3.86. The van der Waals surface area contributed by atoms with Crippen LogP contribution in [0.25, 0.3) is 0 Å². The first-order valence-electron chi connectivity index (χ1n) is 6.63. The van der Waals surface area contributed by atoms with Gasteiger partial charge in [0.25, 0.3) is 0 Å². The number of hydrogen-bond donors (Lipinski definition) is 1. The van der Waals surface area contributed by atoms with Crippen molar-refractivity contribution in [2.75, 3.05) is 13.1 Å². The fraction of sp³-hybridized carbons (Fsp3) is 0.923. The lowest BCUT2D eigenvalue weighted by Crippen LogP contribution is -2.37. The highest BCUT2D eigenvalue weighted by Gasteiger charge is 2.22. The Morgan fingerprint density at radius 2 is 2.12 bits per heavy atom. The van der Waals surface area contributed by atoms with E-state index >= 15 is 0 Å². The van der Waals surface area contributed by atoms with Gasteiger partial charge in [-0.1, -0.05) is 20.3 Å². The van der Waals surface area contributed by atoms with Gasteiger partial charge < -0.3 is 5.11 Å². The number of likely N-dealkylation sites (tertiary alicyclic amines) is 1. The maximum Gasteiger partial charge on any atom is 0.304 e. The molecule has 1 saturated heterocycles. The Labute approximate surface area is 98.8 Å². The van der Waals surface area contributed by atoms with Crippen LogP contribution in [0.4, 0.5) is 0 Å². The van der Waals surface area contributed by atoms with Gasteiger partial charge in [0.05, 0.1) is 6.42 Å². The Bertz CT molecular complexity index is 218. The molecular formula is C13H25NO2. The third-order valence-electron chi connectivity index (χ3n) is 3.86. The lowest BCUT2D eigenvalue weighted by Gasteiger charge is -2.28. The zero-order valence-electron chi connectivity index (χ0n) is 10.6. The highest BCUT2D eigenvalue weighted by atomic mass is 16.4. The van der Waals surface area contributed by atoms with Crippen LogP contribution in [-0.2, 0) is 4.79 Å². The normalized spacial score (nSPS) is 25.0. The number of rotatable bonds is 5. The van der Waals surface area contributed by atoms with Crippen LogP contribution in [0.3, 0.4) is 0 Å². The maximum atomic E-state index is 10.8. The van der Waals surface area contributed by atoms with E-state index in [9.17, 15) is 4.79 Å². The number of carboxylic acid groups (broad SMARTS) is 1. The highest BCUT2D eigenvalue weighted by molar-refractivity contribution is 5.67. The van der Waals surface area contributed by atoms with E-state index in [1.165, 1.54) is 25.7 Å². The van der Waals surface area contributed by atoms with Gasteiger partial charge in [-0.2, -0.15) is 0 Å². The molecule has 0 bridgehead atoms. The van der Waals surface area contributed by atoms with Crippen LogP contribution in [-0.4, -0.2) is 35.1 Å². The lowest BCUT2D eigenvalue weighted by atomic mass is 9.98. The Balaban J connectivity index is 2.47. The summed E-state index contributed by atoms with van der Waals surface area (Å²) in [6, 6.07) is 0.244. The van der Waals surface area contributed by atoms with E-state index in [1.807, 2.05) is 0 Å². The van der Waals surface area contributed by atoms with Crippen molar-refractivity contribution in [3.8, 4) is 0 Å². The van der Waals surface area contributed by atoms with Crippen LogP contribution in [0.1, 0.15) is 52.4 Å². The minimum absolute atomic E-state index is 0.244. The molecule has 3 heteroatoms. The summed E-state index contributed by atoms with van der Waals surface area (Å²) in [5.74, 6) is 0.190. The largest absolute Gasteiger partial charge is 0.481 e. The molecule has 2 atom stereocenters. The molecule has 3 nitrogen and oxygen atoms in total. The fourth-order valence-electron chi connectivity index (χ4n) is 2.69. The molecule has 16 heavy (non-hydrogen) atoms. The monoisotopic (exact) mass is 227 g/mol. The molecule has 0 saturated carbocycles. The minimum atomic E-state index is -0.664. The SMILES string of the molecule is CCC1CCCN(C(CC)CC(=O)O)CC1. The standard InChI is InChI=1S/C13H25NO2/c1-3-11-6-5-8-14(9-7-11)12(4-2)10-13(15)16/h11-12H,3-10H2,1-2H3,(H,15,16). The van der Waals surface area contributed by atoms with Crippen molar-refractivity contribution in [2.45, 2.75) is 58.4 Å². The summed E-state index contributed by atoms with van der Waals surface area (Å²) < 4.78 is 0. The molecule has 0 amide bonds. The highest BCUT2D eigenvalue weighted by Crippen LogP contribution is 2.22. The van der Waals surface area contributed by atoms with E-state index in [2.05, 4.69) is 18.7 Å². The predicted molar refractivity (Wildman–Crippen MR) is 65.5 cm³/mol. The summed E-state index contributed by atoms with van der Waals surface area (Å²) in [6.07, 6.45) is 6.30. The molecule has 0 aromatic rings. The van der Waals surface area contributed by atoms with Gasteiger partial charge in [-0.3, -0.25) is 9.69 Å². The molecule has 2 unspecified atom stereocenters. The number of nitrogens with zero attached hydrogens (tertiary/aromatic N) is 1. The van der Waals surface area contributed by atoms with Gasteiger partial charge in [-0.25, -0.2) is 0 Å². The molecule has 1 rings (SSSR count). The van der Waals surface area contributed by atoms with Gasteiger partial charge in [0.2, 0.25) is 0 Å². The van der Waals surface area contributed by atoms with Crippen LogP contribution in [0.2, 0.25) is 0 Å². The second-order valence-corrected chi connectivity index (χ2v) is 4.90. The summed E-state index contributed by atoms with van der Waals surface area (Å²) in [7, 11) is 0. The molecule has 94 valence electrons. The molecular weight excluding hydrogens is 202 g/mol. The quantitative estimate of drug-likeness (QED) is 0.785. The molecule has 0 radical (unpaired) electrons. The van der Waals surface area contributed by atoms with Crippen molar-refractivity contribution in [2.24, 2.45) is 5.92 Å². The summed E-state index contributed by atoms with van der Waals surface area (Å²) >= 11 is 0. The molecule has 0 aromatic heterocycles. The molecule has 0 aliphatic carbocycles. The van der Waals surface area contributed by atoms with Gasteiger partial charge >= 0.3 is 5.97 Å². The van der Waals surface area contributed by atoms with Crippen LogP contribution in [0.5, 0.6) is 0 Å².